The van der Waals surface area contributed by atoms with Gasteiger partial charge in [-0.05, 0) is 19.1 Å². The van der Waals surface area contributed by atoms with Crippen LogP contribution in [0.15, 0.2) is 24.3 Å². The number of phenolic OH excluding ortho intramolecular Hbond substituents is 1. The fourth-order valence-corrected chi connectivity index (χ4v) is 0.545. The van der Waals surface area contributed by atoms with Gasteiger partial charge in [-0.2, -0.15) is 0 Å². The minimum Gasteiger partial charge on any atom is -0.508 e. The Kier molecular flexibility index (Phi) is 5.24. The van der Waals surface area contributed by atoms with Crippen molar-refractivity contribution in [3.8, 4) is 5.75 Å². The number of benzene rings is 1. The molecule has 11 heavy (non-hydrogen) atoms. The zero-order valence-electron chi connectivity index (χ0n) is 6.23. The van der Waals surface area contributed by atoms with Crippen molar-refractivity contribution in [1.82, 2.24) is 0 Å². The van der Waals surface area contributed by atoms with Gasteiger partial charge in [0.15, 0.2) is 0 Å². The van der Waals surface area contributed by atoms with Crippen molar-refractivity contribution in [3.63, 3.8) is 0 Å². The van der Waals surface area contributed by atoms with Gasteiger partial charge >= 0.3 is 7.69 Å². The molecule has 0 amide bonds. The highest BCUT2D eigenvalue weighted by Crippen LogP contribution is 2.07. The van der Waals surface area contributed by atoms with Crippen LogP contribution in [0, 0.1) is 6.92 Å². The molecule has 0 bridgehead atoms. The smallest absolute Gasteiger partial charge is 0.482 e. The quantitative estimate of drug-likeness (QED) is 0.466. The van der Waals surface area contributed by atoms with E-state index < -0.39 is 0 Å². The van der Waals surface area contributed by atoms with E-state index in [1.54, 1.807) is 12.1 Å². The molecule has 3 nitrogen and oxygen atoms in total. The lowest BCUT2D eigenvalue weighted by atomic mass is 10.2. The highest BCUT2D eigenvalue weighted by atomic mass is 16.4. The van der Waals surface area contributed by atoms with Crippen LogP contribution in [0.4, 0.5) is 0 Å². The molecule has 4 heteroatoms. The number of hydrogen-bond acceptors (Lipinski definition) is 3. The van der Waals surface area contributed by atoms with Crippen LogP contribution in [0.1, 0.15) is 5.56 Å². The van der Waals surface area contributed by atoms with Crippen LogP contribution in [-0.2, 0) is 0 Å². The summed E-state index contributed by atoms with van der Waals surface area (Å²) in [5.41, 5.74) is 1.17. The summed E-state index contributed by atoms with van der Waals surface area (Å²) in [4.78, 5) is 0. The second kappa shape index (κ2) is 5.76. The Morgan fingerprint density at radius 1 is 1.09 bits per heavy atom. The molecule has 0 aliphatic heterocycles. The molecule has 0 aliphatic carbocycles. The summed E-state index contributed by atoms with van der Waals surface area (Å²) in [7, 11) is 0. The van der Waals surface area contributed by atoms with Gasteiger partial charge in [0, 0.05) is 0 Å². The van der Waals surface area contributed by atoms with Crippen LogP contribution in [-0.4, -0.2) is 22.8 Å². The molecular formula is C7H10BO3. The molecule has 0 saturated heterocycles. The van der Waals surface area contributed by atoms with E-state index in [2.05, 4.69) is 0 Å². The normalized spacial score (nSPS) is 7.91. The number of aromatic hydroxyl groups is 1. The lowest BCUT2D eigenvalue weighted by molar-refractivity contribution is 0.448. The zero-order chi connectivity index (χ0) is 8.69. The first-order valence-corrected chi connectivity index (χ1v) is 3.06. The molecule has 1 aromatic carbocycles. The maximum atomic E-state index is 8.76. The molecule has 1 radical (unpaired) electrons. The van der Waals surface area contributed by atoms with Gasteiger partial charge in [0.1, 0.15) is 5.75 Å². The lowest BCUT2D eigenvalue weighted by Crippen LogP contribution is -1.75. The van der Waals surface area contributed by atoms with E-state index in [1.165, 1.54) is 5.56 Å². The molecule has 1 aromatic rings. The third kappa shape index (κ3) is 5.45. The molecule has 0 saturated carbocycles. The van der Waals surface area contributed by atoms with Crippen molar-refractivity contribution in [1.29, 1.82) is 0 Å². The standard InChI is InChI=1S/C7H8O.BH2O2/c1-6-2-4-7(8)5-3-6;2-1-3/h2-5,8H,1H3;2-3H. The second-order valence-corrected chi connectivity index (χ2v) is 1.95. The zero-order valence-corrected chi connectivity index (χ0v) is 6.23. The third-order valence-corrected chi connectivity index (χ3v) is 1.03. The van der Waals surface area contributed by atoms with Crippen LogP contribution in [0.5, 0.6) is 5.75 Å². The van der Waals surface area contributed by atoms with Crippen molar-refractivity contribution in [2.45, 2.75) is 6.92 Å². The topological polar surface area (TPSA) is 60.7 Å². The Bertz CT molecular complexity index is 164. The number of aryl methyl sites for hydroxylation is 1. The maximum absolute atomic E-state index is 8.76. The van der Waals surface area contributed by atoms with Gasteiger partial charge < -0.3 is 15.2 Å². The van der Waals surface area contributed by atoms with E-state index >= 15 is 0 Å². The molecular weight excluding hydrogens is 143 g/mol. The highest BCUT2D eigenvalue weighted by Gasteiger charge is 1.82. The predicted octanol–water partition coefficient (Wildman–Crippen LogP) is 0.206. The van der Waals surface area contributed by atoms with Crippen LogP contribution in [0.25, 0.3) is 0 Å². The molecule has 0 atom stereocenters. The Morgan fingerprint density at radius 2 is 1.45 bits per heavy atom. The highest BCUT2D eigenvalue weighted by molar-refractivity contribution is 6.13. The van der Waals surface area contributed by atoms with Gasteiger partial charge in [-0.25, -0.2) is 0 Å². The molecule has 0 aliphatic rings. The SMILES string of the molecule is Cc1ccc(O)cc1.O[B]O. The molecule has 1 rings (SSSR count). The van der Waals surface area contributed by atoms with E-state index in [0.29, 0.717) is 5.75 Å². The summed E-state index contributed by atoms with van der Waals surface area (Å²) >= 11 is 0. The number of hydrogen-bond donors (Lipinski definition) is 3. The minimum atomic E-state index is 0. The summed E-state index contributed by atoms with van der Waals surface area (Å²) in [6.45, 7) is 1.99. The fourth-order valence-electron chi connectivity index (χ4n) is 0.545. The Morgan fingerprint density at radius 3 is 1.73 bits per heavy atom. The van der Waals surface area contributed by atoms with E-state index in [1.807, 2.05) is 19.1 Å². The van der Waals surface area contributed by atoms with Crippen LogP contribution >= 0.6 is 0 Å². The van der Waals surface area contributed by atoms with E-state index in [-0.39, 0.29) is 7.69 Å². The number of phenols is 1. The van der Waals surface area contributed by atoms with Crippen molar-refractivity contribution in [2.24, 2.45) is 0 Å². The van der Waals surface area contributed by atoms with E-state index in [0.717, 1.165) is 0 Å². The van der Waals surface area contributed by atoms with Crippen LogP contribution in [0.3, 0.4) is 0 Å². The van der Waals surface area contributed by atoms with Crippen molar-refractivity contribution in [3.05, 3.63) is 29.8 Å². The van der Waals surface area contributed by atoms with Gasteiger partial charge in [-0.15, -0.1) is 0 Å². The van der Waals surface area contributed by atoms with Gasteiger partial charge in [-0.1, -0.05) is 17.7 Å². The average molecular weight is 153 g/mol. The Balaban J connectivity index is 0.000000292. The van der Waals surface area contributed by atoms with E-state index in [9.17, 15) is 0 Å². The maximum Gasteiger partial charge on any atom is 0.482 e. The summed E-state index contributed by atoms with van der Waals surface area (Å²) in [6.07, 6.45) is 0. The summed E-state index contributed by atoms with van der Waals surface area (Å²) in [6, 6.07) is 7.09. The molecule has 0 fully saturated rings. The molecule has 0 aromatic heterocycles. The second-order valence-electron chi connectivity index (χ2n) is 1.95. The molecule has 0 heterocycles. The average Bonchev–Trinajstić information content (AvgIpc) is 1.97. The van der Waals surface area contributed by atoms with Crippen LogP contribution in [0.2, 0.25) is 0 Å². The molecule has 3 N–H and O–H groups in total. The minimum absolute atomic E-state index is 0. The first-order chi connectivity index (χ1) is 5.20. The summed E-state index contributed by atoms with van der Waals surface area (Å²) < 4.78 is 0. The summed E-state index contributed by atoms with van der Waals surface area (Å²) in [5, 5.41) is 22.8. The Hall–Kier alpha value is -0.995. The van der Waals surface area contributed by atoms with Crippen LogP contribution < -0.4 is 0 Å². The van der Waals surface area contributed by atoms with Gasteiger partial charge in [0.05, 0.1) is 0 Å². The van der Waals surface area contributed by atoms with Crippen molar-refractivity contribution < 1.29 is 15.2 Å². The first kappa shape index (κ1) is 10.0. The van der Waals surface area contributed by atoms with Crippen molar-refractivity contribution >= 4 is 7.69 Å². The van der Waals surface area contributed by atoms with Gasteiger partial charge in [-0.3, -0.25) is 0 Å². The largest absolute Gasteiger partial charge is 0.508 e. The Labute approximate surface area is 66.2 Å². The number of rotatable bonds is 0. The molecule has 59 valence electrons. The fraction of sp³-hybridized carbons (Fsp3) is 0.143. The summed E-state index contributed by atoms with van der Waals surface area (Å²) in [5.74, 6) is 0.329. The third-order valence-electron chi connectivity index (χ3n) is 1.03. The lowest BCUT2D eigenvalue weighted by Gasteiger charge is -1.89. The molecule has 0 spiro atoms. The van der Waals surface area contributed by atoms with Gasteiger partial charge in [0.25, 0.3) is 0 Å². The van der Waals surface area contributed by atoms with E-state index in [4.69, 9.17) is 15.2 Å². The molecule has 0 unspecified atom stereocenters. The first-order valence-electron chi connectivity index (χ1n) is 3.06. The van der Waals surface area contributed by atoms with Crippen molar-refractivity contribution in [2.75, 3.05) is 0 Å². The monoisotopic (exact) mass is 153 g/mol. The van der Waals surface area contributed by atoms with Gasteiger partial charge in [0.2, 0.25) is 0 Å². The predicted molar refractivity (Wildman–Crippen MR) is 43.0 cm³/mol.